The third-order valence-corrected chi connectivity index (χ3v) is 9.82. The second kappa shape index (κ2) is 13.5. The predicted molar refractivity (Wildman–Crippen MR) is 178 cm³/mol. The summed E-state index contributed by atoms with van der Waals surface area (Å²) < 4.78 is 6.38. The van der Waals surface area contributed by atoms with E-state index in [9.17, 15) is 14.7 Å². The van der Waals surface area contributed by atoms with Crippen molar-refractivity contribution in [2.24, 2.45) is 0 Å². The quantitative estimate of drug-likeness (QED) is 0.0460. The predicted octanol–water partition coefficient (Wildman–Crippen LogP) is 8.59. The SMILES string of the molecule is CCCCOc1ccc(/C(O)=C2\C(=O)C(=O)N(c3nnc(SCc4ccccc4Cl)s3)C2c2ccc(C(C)(C)C)cc2)cc1. The summed E-state index contributed by atoms with van der Waals surface area (Å²) in [5, 5.41) is 21.1. The second-order valence-electron chi connectivity index (χ2n) is 11.5. The van der Waals surface area contributed by atoms with Gasteiger partial charge >= 0.3 is 5.91 Å². The van der Waals surface area contributed by atoms with Crippen molar-refractivity contribution in [1.82, 2.24) is 10.2 Å². The van der Waals surface area contributed by atoms with Crippen LogP contribution in [-0.4, -0.2) is 33.6 Å². The lowest BCUT2D eigenvalue weighted by Gasteiger charge is -2.24. The fourth-order valence-corrected chi connectivity index (χ4v) is 6.98. The zero-order chi connectivity index (χ0) is 31.4. The van der Waals surface area contributed by atoms with Gasteiger partial charge in [-0.05, 0) is 58.9 Å². The molecule has 1 fully saturated rings. The van der Waals surface area contributed by atoms with Crippen molar-refractivity contribution >= 4 is 57.3 Å². The van der Waals surface area contributed by atoms with E-state index in [1.165, 1.54) is 28.0 Å². The number of anilines is 1. The molecule has 7 nitrogen and oxygen atoms in total. The highest BCUT2D eigenvalue weighted by Gasteiger charge is 2.48. The number of unbranched alkanes of at least 4 members (excludes halogenated alkanes) is 1. The van der Waals surface area contributed by atoms with Gasteiger partial charge in [0.25, 0.3) is 5.78 Å². The van der Waals surface area contributed by atoms with Gasteiger partial charge in [-0.25, -0.2) is 0 Å². The lowest BCUT2D eigenvalue weighted by molar-refractivity contribution is -0.132. The Bertz CT molecular complexity index is 1680. The molecule has 0 bridgehead atoms. The molecule has 1 saturated heterocycles. The second-order valence-corrected chi connectivity index (χ2v) is 14.1. The van der Waals surface area contributed by atoms with E-state index in [1.54, 1.807) is 24.3 Å². The summed E-state index contributed by atoms with van der Waals surface area (Å²) in [7, 11) is 0. The number of thioether (sulfide) groups is 1. The summed E-state index contributed by atoms with van der Waals surface area (Å²) in [4.78, 5) is 28.6. The molecule has 1 amide bonds. The number of benzene rings is 3. The van der Waals surface area contributed by atoms with Crippen LogP contribution < -0.4 is 9.64 Å². The maximum atomic E-state index is 13.6. The summed E-state index contributed by atoms with van der Waals surface area (Å²) in [6.45, 7) is 9.04. The lowest BCUT2D eigenvalue weighted by Crippen LogP contribution is -2.29. The van der Waals surface area contributed by atoms with E-state index in [0.29, 0.717) is 38.6 Å². The Morgan fingerprint density at radius 1 is 1.02 bits per heavy atom. The normalized spacial score (nSPS) is 16.5. The molecule has 3 aromatic carbocycles. The van der Waals surface area contributed by atoms with Crippen LogP contribution in [0.25, 0.3) is 5.76 Å². The van der Waals surface area contributed by atoms with Crippen LogP contribution in [0.4, 0.5) is 5.13 Å². The zero-order valence-electron chi connectivity index (χ0n) is 25.0. The minimum Gasteiger partial charge on any atom is -0.507 e. The van der Waals surface area contributed by atoms with Gasteiger partial charge in [0.2, 0.25) is 5.13 Å². The first-order valence-corrected chi connectivity index (χ1v) is 16.6. The van der Waals surface area contributed by atoms with E-state index in [2.05, 4.69) is 37.9 Å². The van der Waals surface area contributed by atoms with Gasteiger partial charge in [0.1, 0.15) is 11.5 Å². The molecule has 1 aliphatic heterocycles. The van der Waals surface area contributed by atoms with Gasteiger partial charge in [0, 0.05) is 16.3 Å². The van der Waals surface area contributed by atoms with Gasteiger partial charge in [0.15, 0.2) is 4.34 Å². The number of halogens is 1. The number of nitrogens with zero attached hydrogens (tertiary/aromatic N) is 3. The molecule has 4 aromatic rings. The van der Waals surface area contributed by atoms with Gasteiger partial charge in [0.05, 0.1) is 18.2 Å². The molecule has 1 aromatic heterocycles. The van der Waals surface area contributed by atoms with Gasteiger partial charge in [-0.3, -0.25) is 14.5 Å². The first-order chi connectivity index (χ1) is 21.1. The minimum atomic E-state index is -0.890. The average Bonchev–Trinajstić information content (AvgIpc) is 3.58. The fraction of sp³-hybridized carbons (Fsp3) is 0.294. The van der Waals surface area contributed by atoms with E-state index in [4.69, 9.17) is 16.3 Å². The molecule has 0 saturated carbocycles. The maximum Gasteiger partial charge on any atom is 0.301 e. The van der Waals surface area contributed by atoms with Crippen molar-refractivity contribution < 1.29 is 19.4 Å². The van der Waals surface area contributed by atoms with E-state index >= 15 is 0 Å². The summed E-state index contributed by atoms with van der Waals surface area (Å²) in [6.07, 6.45) is 1.96. The zero-order valence-corrected chi connectivity index (χ0v) is 27.4. The van der Waals surface area contributed by atoms with Crippen LogP contribution in [0.2, 0.25) is 5.02 Å². The molecule has 44 heavy (non-hydrogen) atoms. The highest BCUT2D eigenvalue weighted by Crippen LogP contribution is 2.44. The molecule has 0 aliphatic carbocycles. The number of ether oxygens (including phenoxy) is 1. The molecule has 10 heteroatoms. The molecule has 1 aliphatic rings. The maximum absolute atomic E-state index is 13.6. The van der Waals surface area contributed by atoms with E-state index < -0.39 is 17.7 Å². The number of carbonyl (C=O) groups is 2. The Balaban J connectivity index is 1.52. The van der Waals surface area contributed by atoms with Crippen LogP contribution in [0.15, 0.2) is 82.7 Å². The van der Waals surface area contributed by atoms with Gasteiger partial charge in [-0.2, -0.15) is 0 Å². The topological polar surface area (TPSA) is 92.6 Å². The number of amides is 1. The number of ketones is 1. The minimum absolute atomic E-state index is 0.00127. The Labute approximate surface area is 270 Å². The van der Waals surface area contributed by atoms with Crippen molar-refractivity contribution in [1.29, 1.82) is 0 Å². The van der Waals surface area contributed by atoms with Gasteiger partial charge < -0.3 is 9.84 Å². The highest BCUT2D eigenvalue weighted by atomic mass is 35.5. The Morgan fingerprint density at radius 2 is 1.73 bits per heavy atom. The summed E-state index contributed by atoms with van der Waals surface area (Å²) >= 11 is 8.99. The largest absolute Gasteiger partial charge is 0.507 e. The molecule has 1 N–H and O–H groups in total. The number of hydrogen-bond donors (Lipinski definition) is 1. The Morgan fingerprint density at radius 3 is 2.39 bits per heavy atom. The summed E-state index contributed by atoms with van der Waals surface area (Å²) in [5.74, 6) is -0.566. The smallest absolute Gasteiger partial charge is 0.301 e. The number of Topliss-reactive ketones (excluding diaryl/α,β-unsaturated/α-hetero) is 1. The average molecular weight is 648 g/mol. The molecule has 2 heterocycles. The Hall–Kier alpha value is -3.66. The Kier molecular flexibility index (Phi) is 9.78. The molecule has 1 atom stereocenters. The number of aliphatic hydroxyl groups is 1. The first kappa shape index (κ1) is 31.8. The van der Waals surface area contributed by atoms with Crippen LogP contribution in [0.3, 0.4) is 0 Å². The number of hydrogen-bond acceptors (Lipinski definition) is 8. The van der Waals surface area contributed by atoms with Crippen LogP contribution in [-0.2, 0) is 20.8 Å². The van der Waals surface area contributed by atoms with Crippen molar-refractivity contribution in [2.45, 2.75) is 62.1 Å². The van der Waals surface area contributed by atoms with E-state index in [1.807, 2.05) is 48.5 Å². The van der Waals surface area contributed by atoms with Gasteiger partial charge in [-0.15, -0.1) is 10.2 Å². The number of carbonyl (C=O) groups excluding carboxylic acids is 2. The third kappa shape index (κ3) is 6.85. The van der Waals surface area contributed by atoms with Crippen molar-refractivity contribution in [3.8, 4) is 5.75 Å². The van der Waals surface area contributed by atoms with Crippen molar-refractivity contribution in [3.05, 3.63) is 106 Å². The molecule has 5 rings (SSSR count). The number of aliphatic hydroxyl groups excluding tert-OH is 1. The fourth-order valence-electron chi connectivity index (χ4n) is 4.82. The molecule has 0 spiro atoms. The van der Waals surface area contributed by atoms with Crippen molar-refractivity contribution in [2.75, 3.05) is 11.5 Å². The molecular weight excluding hydrogens is 614 g/mol. The van der Waals surface area contributed by atoms with Crippen LogP contribution in [0.5, 0.6) is 5.75 Å². The van der Waals surface area contributed by atoms with Crippen LogP contribution >= 0.6 is 34.7 Å². The lowest BCUT2D eigenvalue weighted by atomic mass is 9.85. The number of aromatic nitrogens is 2. The van der Waals surface area contributed by atoms with Crippen molar-refractivity contribution in [3.63, 3.8) is 0 Å². The molecule has 1 unspecified atom stereocenters. The first-order valence-electron chi connectivity index (χ1n) is 14.4. The summed E-state index contributed by atoms with van der Waals surface area (Å²) in [6, 6.07) is 21.3. The molecular formula is C34H34ClN3O4S2. The third-order valence-electron chi connectivity index (χ3n) is 7.34. The standard InChI is InChI=1S/C34H34ClN3O4S2/c1-5-6-19-42-25-17-13-22(14-18-25)29(39)27-28(21-11-15-24(16-12-21)34(2,3)4)38(31(41)30(27)40)32-36-37-33(44-32)43-20-23-9-7-8-10-26(23)35/h7-18,28,39H,5-6,19-20H2,1-4H3/b29-27+. The van der Waals surface area contributed by atoms with Gasteiger partial charge in [-0.1, -0.05) is 111 Å². The van der Waals surface area contributed by atoms with Crippen LogP contribution in [0.1, 0.15) is 68.8 Å². The van der Waals surface area contributed by atoms with E-state index in [-0.39, 0.29) is 21.9 Å². The highest BCUT2D eigenvalue weighted by molar-refractivity contribution is 8.00. The summed E-state index contributed by atoms with van der Waals surface area (Å²) in [5.41, 5.74) is 3.06. The van der Waals surface area contributed by atoms with E-state index in [0.717, 1.165) is 24.0 Å². The molecule has 0 radical (unpaired) electrons. The monoisotopic (exact) mass is 647 g/mol. The van der Waals surface area contributed by atoms with Crippen LogP contribution in [0, 0.1) is 0 Å². The number of rotatable bonds is 10. The molecule has 228 valence electrons.